The second-order valence-corrected chi connectivity index (χ2v) is 5.83. The van der Waals surface area contributed by atoms with Crippen LogP contribution in [0.4, 0.5) is 0 Å². The van der Waals surface area contributed by atoms with E-state index in [1.165, 1.54) is 0 Å². The number of hydrogen-bond donors (Lipinski definition) is 2. The van der Waals surface area contributed by atoms with Gasteiger partial charge in [0.25, 0.3) is 0 Å². The molecule has 0 spiro atoms. The molecule has 87 valence electrons. The van der Waals surface area contributed by atoms with Gasteiger partial charge in [-0.1, -0.05) is 60.7 Å². The molecule has 3 heteroatoms. The summed E-state index contributed by atoms with van der Waals surface area (Å²) in [4.78, 5) is 19.7. The number of benzene rings is 2. The first-order chi connectivity index (χ1) is 8.15. The van der Waals surface area contributed by atoms with E-state index < -0.39 is 14.3 Å². The van der Waals surface area contributed by atoms with Gasteiger partial charge in [0, 0.05) is 0 Å². The van der Waals surface area contributed by atoms with E-state index in [1.54, 1.807) is 0 Å². The Morgan fingerprint density at radius 1 is 0.765 bits per heavy atom. The van der Waals surface area contributed by atoms with Gasteiger partial charge in [-0.05, 0) is 18.1 Å². The first-order valence-electron chi connectivity index (χ1n) is 5.52. The van der Waals surface area contributed by atoms with Crippen molar-refractivity contribution >= 4 is 9.28 Å². The molecule has 2 aromatic carbocycles. The average molecular weight is 243 g/mol. The average Bonchev–Trinajstić information content (AvgIpc) is 2.39. The zero-order valence-electron chi connectivity index (χ0n) is 9.67. The predicted molar refractivity (Wildman–Crippen MR) is 69.5 cm³/mol. The van der Waals surface area contributed by atoms with Crippen LogP contribution in [0.2, 0.25) is 0 Å². The summed E-state index contributed by atoms with van der Waals surface area (Å²) in [7, 11) is -2.48. The molecule has 2 aromatic rings. The molecule has 0 amide bonds. The predicted octanol–water partition coefficient (Wildman–Crippen LogP) is 2.00. The maximum atomic E-state index is 9.84. The van der Waals surface area contributed by atoms with Crippen LogP contribution in [-0.2, 0) is 5.04 Å². The van der Waals surface area contributed by atoms with Crippen LogP contribution in [-0.4, -0.2) is 18.9 Å². The van der Waals surface area contributed by atoms with Crippen molar-refractivity contribution < 1.29 is 9.59 Å². The Labute approximate surface area is 103 Å². The Hall–Kier alpha value is -1.42. The van der Waals surface area contributed by atoms with Gasteiger partial charge < -0.3 is 9.59 Å². The summed E-state index contributed by atoms with van der Waals surface area (Å²) in [5.41, 5.74) is 1.87. The molecule has 0 aliphatic heterocycles. The van der Waals surface area contributed by atoms with E-state index in [1.807, 2.05) is 67.6 Å². The van der Waals surface area contributed by atoms with Crippen molar-refractivity contribution in [3.8, 4) is 0 Å². The monoisotopic (exact) mass is 243 g/mol. The third-order valence-corrected chi connectivity index (χ3v) is 4.62. The molecule has 17 heavy (non-hydrogen) atoms. The maximum Gasteiger partial charge on any atom is 0.395 e. The van der Waals surface area contributed by atoms with Crippen LogP contribution < -0.4 is 0 Å². The van der Waals surface area contributed by atoms with Crippen molar-refractivity contribution in [1.82, 2.24) is 0 Å². The molecular formula is C14H15O2Si. The highest BCUT2D eigenvalue weighted by atomic mass is 28.3. The highest BCUT2D eigenvalue weighted by Crippen LogP contribution is 2.32. The molecule has 0 bridgehead atoms. The molecule has 0 aliphatic rings. The highest BCUT2D eigenvalue weighted by Gasteiger charge is 2.39. The van der Waals surface area contributed by atoms with Gasteiger partial charge in [-0.15, -0.1) is 0 Å². The van der Waals surface area contributed by atoms with E-state index >= 15 is 0 Å². The fourth-order valence-corrected chi connectivity index (χ4v) is 2.82. The van der Waals surface area contributed by atoms with Crippen LogP contribution in [0.25, 0.3) is 0 Å². The van der Waals surface area contributed by atoms with Gasteiger partial charge >= 0.3 is 9.28 Å². The summed E-state index contributed by atoms with van der Waals surface area (Å²) in [5, 5.41) is -0.701. The lowest BCUT2D eigenvalue weighted by molar-refractivity contribution is 0.368. The lowest BCUT2D eigenvalue weighted by atomic mass is 9.92. The Kier molecular flexibility index (Phi) is 3.42. The molecule has 1 radical (unpaired) electrons. The second-order valence-electron chi connectivity index (χ2n) is 4.18. The molecule has 2 nitrogen and oxygen atoms in total. The summed E-state index contributed by atoms with van der Waals surface area (Å²) >= 11 is 0. The van der Waals surface area contributed by atoms with Gasteiger partial charge in [0.15, 0.2) is 0 Å². The van der Waals surface area contributed by atoms with Crippen LogP contribution in [0.1, 0.15) is 18.1 Å². The molecule has 2 rings (SSSR count). The maximum absolute atomic E-state index is 9.84. The Bertz CT molecular complexity index is 429. The Balaban J connectivity index is 2.55. The quantitative estimate of drug-likeness (QED) is 0.810. The van der Waals surface area contributed by atoms with Crippen LogP contribution in [0.3, 0.4) is 0 Å². The molecule has 0 saturated heterocycles. The first kappa shape index (κ1) is 12.0. The summed E-state index contributed by atoms with van der Waals surface area (Å²) in [6.45, 7) is 1.88. The largest absolute Gasteiger partial charge is 0.409 e. The molecule has 0 saturated carbocycles. The van der Waals surface area contributed by atoms with Crippen LogP contribution in [0.5, 0.6) is 0 Å². The Morgan fingerprint density at radius 3 is 1.41 bits per heavy atom. The summed E-state index contributed by atoms with van der Waals surface area (Å²) in [6, 6.07) is 19.3. The smallest absolute Gasteiger partial charge is 0.395 e. The topological polar surface area (TPSA) is 40.5 Å². The van der Waals surface area contributed by atoms with Crippen molar-refractivity contribution in [2.75, 3.05) is 0 Å². The lowest BCUT2D eigenvalue weighted by Crippen LogP contribution is -2.42. The molecule has 0 fully saturated rings. The van der Waals surface area contributed by atoms with Gasteiger partial charge in [0.2, 0.25) is 0 Å². The summed E-state index contributed by atoms with van der Waals surface area (Å²) in [5.74, 6) is 0. The van der Waals surface area contributed by atoms with Crippen molar-refractivity contribution in [2.24, 2.45) is 0 Å². The minimum atomic E-state index is -2.48. The zero-order chi connectivity index (χ0) is 12.3. The molecule has 0 unspecified atom stereocenters. The lowest BCUT2D eigenvalue weighted by Gasteiger charge is -2.30. The summed E-state index contributed by atoms with van der Waals surface area (Å²) < 4.78 is 0. The van der Waals surface area contributed by atoms with Crippen molar-refractivity contribution in [3.63, 3.8) is 0 Å². The second kappa shape index (κ2) is 4.83. The molecule has 0 aliphatic carbocycles. The minimum Gasteiger partial charge on any atom is -0.409 e. The number of rotatable bonds is 3. The van der Waals surface area contributed by atoms with Gasteiger partial charge in [-0.3, -0.25) is 0 Å². The third-order valence-electron chi connectivity index (χ3n) is 3.15. The molecular weight excluding hydrogens is 228 g/mol. The van der Waals surface area contributed by atoms with E-state index in [0.29, 0.717) is 0 Å². The van der Waals surface area contributed by atoms with Gasteiger partial charge in [-0.25, -0.2) is 0 Å². The minimum absolute atomic E-state index is 0.701. The van der Waals surface area contributed by atoms with E-state index in [0.717, 1.165) is 11.1 Å². The molecule has 0 heterocycles. The van der Waals surface area contributed by atoms with Gasteiger partial charge in [0.05, 0.1) is 5.04 Å². The summed E-state index contributed by atoms with van der Waals surface area (Å²) in [6.07, 6.45) is 0. The standard InChI is InChI=1S/C14H15O2Si/c1-14(17(15)16,12-8-4-2-5-9-12)13-10-6-3-7-11-13/h2-11,15-16H,1H3. The van der Waals surface area contributed by atoms with Gasteiger partial charge in [-0.2, -0.15) is 0 Å². The van der Waals surface area contributed by atoms with Gasteiger partial charge in [0.1, 0.15) is 0 Å². The van der Waals surface area contributed by atoms with Crippen molar-refractivity contribution in [1.29, 1.82) is 0 Å². The normalized spacial score (nSPS) is 11.8. The van der Waals surface area contributed by atoms with Crippen LogP contribution >= 0.6 is 0 Å². The SMILES string of the molecule is CC(c1ccccc1)(c1ccccc1)[Si](O)O. The van der Waals surface area contributed by atoms with E-state index in [2.05, 4.69) is 0 Å². The van der Waals surface area contributed by atoms with E-state index in [4.69, 9.17) is 0 Å². The Morgan fingerprint density at radius 2 is 1.12 bits per heavy atom. The molecule has 2 N–H and O–H groups in total. The zero-order valence-corrected chi connectivity index (χ0v) is 10.7. The van der Waals surface area contributed by atoms with E-state index in [9.17, 15) is 9.59 Å². The van der Waals surface area contributed by atoms with E-state index in [-0.39, 0.29) is 0 Å². The number of hydrogen-bond acceptors (Lipinski definition) is 2. The fraction of sp³-hybridized carbons (Fsp3) is 0.143. The highest BCUT2D eigenvalue weighted by molar-refractivity contribution is 6.46. The van der Waals surface area contributed by atoms with Crippen LogP contribution in [0, 0.1) is 0 Å². The first-order valence-corrected chi connectivity index (χ1v) is 6.91. The fourth-order valence-electron chi connectivity index (χ4n) is 1.97. The van der Waals surface area contributed by atoms with Crippen LogP contribution in [0.15, 0.2) is 60.7 Å². The third kappa shape index (κ3) is 2.17. The van der Waals surface area contributed by atoms with Crippen molar-refractivity contribution in [2.45, 2.75) is 12.0 Å². The molecule has 0 atom stereocenters. The molecule has 0 aromatic heterocycles. The van der Waals surface area contributed by atoms with Crippen molar-refractivity contribution in [3.05, 3.63) is 71.8 Å².